The normalized spacial score (nSPS) is 16.4. The molecule has 0 aliphatic heterocycles. The maximum absolute atomic E-state index is 12.2. The largest absolute Gasteiger partial charge is 0.346 e. The Morgan fingerprint density at radius 3 is 2.83 bits per heavy atom. The molecular weight excluding hydrogens is 308 g/mol. The van der Waals surface area contributed by atoms with E-state index in [0.717, 1.165) is 10.7 Å². The lowest BCUT2D eigenvalue weighted by Gasteiger charge is -2.18. The van der Waals surface area contributed by atoms with E-state index >= 15 is 0 Å². The summed E-state index contributed by atoms with van der Waals surface area (Å²) in [5.74, 6) is 1.29. The predicted octanol–water partition coefficient (Wildman–Crippen LogP) is 3.36. The Balaban J connectivity index is 1.55. The van der Waals surface area contributed by atoms with Crippen molar-refractivity contribution in [3.63, 3.8) is 0 Å². The SMILES string of the molecule is CC(NC(=O)CSc1ccccc1)c1nncn1C1CCCC1. The van der Waals surface area contributed by atoms with Gasteiger partial charge in [0, 0.05) is 10.9 Å². The number of nitrogens with one attached hydrogen (secondary N) is 1. The maximum Gasteiger partial charge on any atom is 0.230 e. The molecule has 1 amide bonds. The summed E-state index contributed by atoms with van der Waals surface area (Å²) in [7, 11) is 0. The molecule has 6 heteroatoms. The van der Waals surface area contributed by atoms with Gasteiger partial charge in [-0.25, -0.2) is 0 Å². The molecule has 1 saturated carbocycles. The molecular formula is C17H22N4OS. The summed E-state index contributed by atoms with van der Waals surface area (Å²) >= 11 is 1.54. The fourth-order valence-corrected chi connectivity index (χ4v) is 3.77. The zero-order valence-corrected chi connectivity index (χ0v) is 14.1. The van der Waals surface area contributed by atoms with Crippen LogP contribution in [0.15, 0.2) is 41.6 Å². The number of benzene rings is 1. The first kappa shape index (κ1) is 16.1. The van der Waals surface area contributed by atoms with Crippen LogP contribution in [-0.2, 0) is 4.79 Å². The molecule has 1 N–H and O–H groups in total. The highest BCUT2D eigenvalue weighted by molar-refractivity contribution is 8.00. The van der Waals surface area contributed by atoms with Gasteiger partial charge in [0.05, 0.1) is 11.8 Å². The molecule has 0 saturated heterocycles. The van der Waals surface area contributed by atoms with E-state index in [2.05, 4.69) is 20.1 Å². The van der Waals surface area contributed by atoms with Crippen molar-refractivity contribution in [2.24, 2.45) is 0 Å². The van der Waals surface area contributed by atoms with Crippen molar-refractivity contribution >= 4 is 17.7 Å². The minimum Gasteiger partial charge on any atom is -0.346 e. The summed E-state index contributed by atoms with van der Waals surface area (Å²) in [6.45, 7) is 1.97. The predicted molar refractivity (Wildman–Crippen MR) is 91.3 cm³/mol. The fraction of sp³-hybridized carbons (Fsp3) is 0.471. The topological polar surface area (TPSA) is 59.8 Å². The van der Waals surface area contributed by atoms with Gasteiger partial charge in [-0.3, -0.25) is 4.79 Å². The van der Waals surface area contributed by atoms with Gasteiger partial charge in [-0.2, -0.15) is 0 Å². The average Bonchev–Trinajstić information content (AvgIpc) is 3.24. The third-order valence-electron chi connectivity index (χ3n) is 4.20. The molecule has 122 valence electrons. The minimum absolute atomic E-state index is 0.0207. The summed E-state index contributed by atoms with van der Waals surface area (Å²) in [5, 5.41) is 11.3. The molecule has 1 heterocycles. The lowest BCUT2D eigenvalue weighted by molar-refractivity contribution is -0.119. The van der Waals surface area contributed by atoms with E-state index in [0.29, 0.717) is 11.8 Å². The Hall–Kier alpha value is -1.82. The van der Waals surface area contributed by atoms with E-state index in [4.69, 9.17) is 0 Å². The molecule has 1 aromatic heterocycles. The zero-order chi connectivity index (χ0) is 16.1. The van der Waals surface area contributed by atoms with Crippen LogP contribution in [0.1, 0.15) is 50.5 Å². The van der Waals surface area contributed by atoms with E-state index in [1.54, 1.807) is 18.1 Å². The Labute approximate surface area is 140 Å². The highest BCUT2D eigenvalue weighted by atomic mass is 32.2. The van der Waals surface area contributed by atoms with Gasteiger partial charge in [0.25, 0.3) is 0 Å². The molecule has 2 aromatic rings. The monoisotopic (exact) mass is 330 g/mol. The van der Waals surface area contributed by atoms with Crippen LogP contribution in [0.2, 0.25) is 0 Å². The summed E-state index contributed by atoms with van der Waals surface area (Å²) in [4.78, 5) is 13.3. The number of carbonyl (C=O) groups excluding carboxylic acids is 1. The molecule has 1 fully saturated rings. The number of thioether (sulfide) groups is 1. The third kappa shape index (κ3) is 4.13. The molecule has 0 bridgehead atoms. The third-order valence-corrected chi connectivity index (χ3v) is 5.21. The molecule has 3 rings (SSSR count). The quantitative estimate of drug-likeness (QED) is 0.825. The van der Waals surface area contributed by atoms with Gasteiger partial charge in [-0.15, -0.1) is 22.0 Å². The van der Waals surface area contributed by atoms with Gasteiger partial charge in [0.15, 0.2) is 5.82 Å². The summed E-state index contributed by atoms with van der Waals surface area (Å²) in [6, 6.07) is 10.3. The number of aromatic nitrogens is 3. The molecule has 23 heavy (non-hydrogen) atoms. The lowest BCUT2D eigenvalue weighted by Crippen LogP contribution is -2.30. The first-order valence-electron chi connectivity index (χ1n) is 8.10. The van der Waals surface area contributed by atoms with Crippen molar-refractivity contribution in [3.8, 4) is 0 Å². The van der Waals surface area contributed by atoms with Gasteiger partial charge in [-0.1, -0.05) is 31.0 Å². The van der Waals surface area contributed by atoms with Crippen LogP contribution >= 0.6 is 11.8 Å². The van der Waals surface area contributed by atoms with Crippen LogP contribution < -0.4 is 5.32 Å². The number of carbonyl (C=O) groups is 1. The van der Waals surface area contributed by atoms with Gasteiger partial charge >= 0.3 is 0 Å². The molecule has 0 radical (unpaired) electrons. The summed E-state index contributed by atoms with van der Waals surface area (Å²) < 4.78 is 2.14. The summed E-state index contributed by atoms with van der Waals surface area (Å²) in [6.07, 6.45) is 6.67. The minimum atomic E-state index is -0.123. The van der Waals surface area contributed by atoms with Crippen LogP contribution in [0, 0.1) is 0 Å². The van der Waals surface area contributed by atoms with Crippen molar-refractivity contribution in [1.82, 2.24) is 20.1 Å². The first-order chi connectivity index (χ1) is 11.2. The van der Waals surface area contributed by atoms with E-state index in [1.807, 2.05) is 37.3 Å². The number of hydrogen-bond acceptors (Lipinski definition) is 4. The van der Waals surface area contributed by atoms with Crippen molar-refractivity contribution in [1.29, 1.82) is 0 Å². The first-order valence-corrected chi connectivity index (χ1v) is 9.09. The van der Waals surface area contributed by atoms with E-state index in [-0.39, 0.29) is 11.9 Å². The van der Waals surface area contributed by atoms with Gasteiger partial charge in [0.1, 0.15) is 6.33 Å². The van der Waals surface area contributed by atoms with Gasteiger partial charge < -0.3 is 9.88 Å². The summed E-state index contributed by atoms with van der Waals surface area (Å²) in [5.41, 5.74) is 0. The lowest BCUT2D eigenvalue weighted by atomic mass is 10.2. The van der Waals surface area contributed by atoms with E-state index < -0.39 is 0 Å². The van der Waals surface area contributed by atoms with E-state index in [1.165, 1.54) is 25.7 Å². The van der Waals surface area contributed by atoms with Crippen molar-refractivity contribution in [2.45, 2.75) is 49.6 Å². The highest BCUT2D eigenvalue weighted by Crippen LogP contribution is 2.31. The number of amides is 1. The van der Waals surface area contributed by atoms with Crippen molar-refractivity contribution < 1.29 is 4.79 Å². The molecule has 1 aliphatic rings. The Morgan fingerprint density at radius 2 is 2.09 bits per heavy atom. The van der Waals surface area contributed by atoms with Crippen molar-refractivity contribution in [3.05, 3.63) is 42.5 Å². The standard InChI is InChI=1S/C17H22N4OS/c1-13(17-20-18-12-21(17)14-7-5-6-8-14)19-16(22)11-23-15-9-3-2-4-10-15/h2-4,9-10,12-14H,5-8,11H2,1H3,(H,19,22). The smallest absolute Gasteiger partial charge is 0.230 e. The second kappa shape index (κ2) is 7.64. The highest BCUT2D eigenvalue weighted by Gasteiger charge is 2.23. The molecule has 5 nitrogen and oxygen atoms in total. The fourth-order valence-electron chi connectivity index (χ4n) is 3.04. The average molecular weight is 330 g/mol. The second-order valence-corrected chi connectivity index (χ2v) is 6.97. The van der Waals surface area contributed by atoms with Gasteiger partial charge in [-0.05, 0) is 31.9 Å². The number of rotatable bonds is 6. The van der Waals surface area contributed by atoms with E-state index in [9.17, 15) is 4.79 Å². The van der Waals surface area contributed by atoms with Crippen LogP contribution in [-0.4, -0.2) is 26.4 Å². The molecule has 1 aliphatic carbocycles. The van der Waals surface area contributed by atoms with Crippen LogP contribution in [0.3, 0.4) is 0 Å². The maximum atomic E-state index is 12.2. The number of hydrogen-bond donors (Lipinski definition) is 1. The van der Waals surface area contributed by atoms with Crippen molar-refractivity contribution in [2.75, 3.05) is 5.75 Å². The van der Waals surface area contributed by atoms with Crippen LogP contribution in [0.4, 0.5) is 0 Å². The zero-order valence-electron chi connectivity index (χ0n) is 13.3. The van der Waals surface area contributed by atoms with Gasteiger partial charge in [0.2, 0.25) is 5.91 Å². The molecule has 1 aromatic carbocycles. The van der Waals surface area contributed by atoms with Crippen LogP contribution in [0.5, 0.6) is 0 Å². The number of nitrogens with zero attached hydrogens (tertiary/aromatic N) is 3. The Morgan fingerprint density at radius 1 is 1.35 bits per heavy atom. The molecule has 1 atom stereocenters. The second-order valence-electron chi connectivity index (χ2n) is 5.93. The molecule has 0 spiro atoms. The molecule has 1 unspecified atom stereocenters. The van der Waals surface area contributed by atoms with Crippen LogP contribution in [0.25, 0.3) is 0 Å². The Bertz CT molecular complexity index is 637. The Kier molecular flexibility index (Phi) is 5.33.